The van der Waals surface area contributed by atoms with Crippen LogP contribution in [-0.4, -0.2) is 19.0 Å². The minimum absolute atomic E-state index is 0.359. The molecule has 68 valence electrons. The summed E-state index contributed by atoms with van der Waals surface area (Å²) < 4.78 is 4.35. The average Bonchev–Trinajstić information content (AvgIpc) is 2.47. The maximum Gasteiger partial charge on any atom is 0.346 e. The Morgan fingerprint density at radius 2 is 1.38 bits per heavy atom. The van der Waals surface area contributed by atoms with Crippen LogP contribution in [0.15, 0.2) is 24.3 Å². The molecule has 0 bridgehead atoms. The zero-order chi connectivity index (χ0) is 9.84. The fourth-order valence-corrected chi connectivity index (χ4v) is 1.03. The highest BCUT2D eigenvalue weighted by atomic mass is 16.6. The zero-order valence-corrected chi connectivity index (χ0v) is 7.11. The fraction of sp³-hybridized carbons (Fsp3) is 0.111. The van der Waals surface area contributed by atoms with E-state index in [-0.39, 0.29) is 0 Å². The van der Waals surface area contributed by atoms with Gasteiger partial charge in [-0.15, -0.1) is 0 Å². The van der Waals surface area contributed by atoms with Gasteiger partial charge in [-0.1, -0.05) is 12.1 Å². The van der Waals surface area contributed by atoms with Crippen molar-refractivity contribution in [1.29, 1.82) is 0 Å². The van der Waals surface area contributed by atoms with Crippen molar-refractivity contribution in [3.63, 3.8) is 0 Å². The van der Waals surface area contributed by atoms with Crippen LogP contribution in [0.3, 0.4) is 0 Å². The van der Waals surface area contributed by atoms with E-state index in [1.165, 1.54) is 7.05 Å². The zero-order valence-electron chi connectivity index (χ0n) is 7.11. The Balaban J connectivity index is 0.000000396. The summed E-state index contributed by atoms with van der Waals surface area (Å²) in [5.41, 5.74) is 5.22. The van der Waals surface area contributed by atoms with E-state index < -0.39 is 11.9 Å². The molecule has 0 fully saturated rings. The maximum atomic E-state index is 10.8. The molecule has 1 heterocycles. The molecule has 0 aromatic heterocycles. The van der Waals surface area contributed by atoms with Crippen LogP contribution >= 0.6 is 0 Å². The molecule has 2 N–H and O–H groups in total. The Morgan fingerprint density at radius 3 is 1.77 bits per heavy atom. The molecular formula is C9H9NO3. The molecule has 1 aliphatic heterocycles. The molecule has 1 aliphatic rings. The molecule has 0 aliphatic carbocycles. The smallest absolute Gasteiger partial charge is 0.346 e. The first kappa shape index (κ1) is 9.41. The van der Waals surface area contributed by atoms with Gasteiger partial charge in [0.1, 0.15) is 0 Å². The van der Waals surface area contributed by atoms with Gasteiger partial charge in [-0.25, -0.2) is 9.59 Å². The van der Waals surface area contributed by atoms with E-state index in [9.17, 15) is 9.59 Å². The summed E-state index contributed by atoms with van der Waals surface area (Å²) in [4.78, 5) is 21.7. The quantitative estimate of drug-likeness (QED) is 0.467. The number of hydrogen-bond acceptors (Lipinski definition) is 4. The third-order valence-corrected chi connectivity index (χ3v) is 1.55. The highest BCUT2D eigenvalue weighted by molar-refractivity contribution is 6.14. The van der Waals surface area contributed by atoms with E-state index in [0.717, 1.165) is 0 Å². The van der Waals surface area contributed by atoms with Gasteiger partial charge in [0, 0.05) is 0 Å². The molecule has 0 saturated heterocycles. The van der Waals surface area contributed by atoms with Crippen LogP contribution in [0.5, 0.6) is 0 Å². The normalized spacial score (nSPS) is 12.8. The van der Waals surface area contributed by atoms with Gasteiger partial charge in [-0.2, -0.15) is 0 Å². The third kappa shape index (κ3) is 1.57. The summed E-state index contributed by atoms with van der Waals surface area (Å²) in [5, 5.41) is 0. The summed E-state index contributed by atoms with van der Waals surface area (Å²) in [5.74, 6) is -1.10. The van der Waals surface area contributed by atoms with Gasteiger partial charge >= 0.3 is 11.9 Å². The predicted molar refractivity (Wildman–Crippen MR) is 46.3 cm³/mol. The third-order valence-electron chi connectivity index (χ3n) is 1.55. The first-order chi connectivity index (χ1) is 6.29. The summed E-state index contributed by atoms with van der Waals surface area (Å²) in [6.45, 7) is 0. The number of fused-ring (bicyclic) bond motifs is 1. The number of carbonyl (C=O) groups excluding carboxylic acids is 2. The van der Waals surface area contributed by atoms with Gasteiger partial charge < -0.3 is 10.5 Å². The molecule has 4 heteroatoms. The van der Waals surface area contributed by atoms with E-state index in [1.807, 2.05) is 0 Å². The largest absolute Gasteiger partial charge is 0.386 e. The fourth-order valence-electron chi connectivity index (χ4n) is 1.03. The minimum Gasteiger partial charge on any atom is -0.386 e. The van der Waals surface area contributed by atoms with Crippen molar-refractivity contribution < 1.29 is 14.3 Å². The van der Waals surface area contributed by atoms with Crippen molar-refractivity contribution in [3.8, 4) is 0 Å². The number of ether oxygens (including phenoxy) is 1. The Morgan fingerprint density at radius 1 is 1.00 bits per heavy atom. The van der Waals surface area contributed by atoms with E-state index in [2.05, 4.69) is 10.5 Å². The van der Waals surface area contributed by atoms with E-state index >= 15 is 0 Å². The number of benzene rings is 1. The number of rotatable bonds is 0. The van der Waals surface area contributed by atoms with Crippen LogP contribution in [0, 0.1) is 0 Å². The van der Waals surface area contributed by atoms with E-state index in [1.54, 1.807) is 24.3 Å². The lowest BCUT2D eigenvalue weighted by atomic mass is 10.1. The minimum atomic E-state index is -0.550. The molecule has 0 amide bonds. The van der Waals surface area contributed by atoms with Crippen molar-refractivity contribution in [1.82, 2.24) is 0 Å². The molecule has 4 nitrogen and oxygen atoms in total. The molecule has 1 aromatic rings. The van der Waals surface area contributed by atoms with Crippen LogP contribution in [0.4, 0.5) is 0 Å². The molecule has 1 aromatic carbocycles. The number of carbonyl (C=O) groups is 2. The van der Waals surface area contributed by atoms with Gasteiger partial charge in [0.05, 0.1) is 11.1 Å². The average molecular weight is 179 g/mol. The van der Waals surface area contributed by atoms with Crippen LogP contribution in [0.25, 0.3) is 0 Å². The molecule has 2 rings (SSSR count). The SMILES string of the molecule is CN.O=C1OC(=O)c2ccccc21. The maximum absolute atomic E-state index is 10.8. The summed E-state index contributed by atoms with van der Waals surface area (Å²) in [7, 11) is 1.50. The standard InChI is InChI=1S/C8H4O3.CH5N/c9-7-5-3-1-2-4-6(5)8(10)11-7;1-2/h1-4H;2H2,1H3. The second-order valence-electron chi connectivity index (χ2n) is 2.22. The lowest BCUT2D eigenvalue weighted by Crippen LogP contribution is -1.96. The van der Waals surface area contributed by atoms with Crippen molar-refractivity contribution in [3.05, 3.63) is 35.4 Å². The Bertz CT molecular complexity index is 313. The van der Waals surface area contributed by atoms with Crippen LogP contribution in [0.2, 0.25) is 0 Å². The number of esters is 2. The van der Waals surface area contributed by atoms with Crippen molar-refractivity contribution in [2.45, 2.75) is 0 Å². The van der Waals surface area contributed by atoms with Gasteiger partial charge in [0.15, 0.2) is 0 Å². The summed E-state index contributed by atoms with van der Waals surface area (Å²) in [6, 6.07) is 6.53. The molecule has 0 atom stereocenters. The lowest BCUT2D eigenvalue weighted by Gasteiger charge is -1.86. The summed E-state index contributed by atoms with van der Waals surface area (Å²) >= 11 is 0. The van der Waals surface area contributed by atoms with Crippen LogP contribution in [0.1, 0.15) is 20.7 Å². The van der Waals surface area contributed by atoms with Gasteiger partial charge in [-0.3, -0.25) is 0 Å². The van der Waals surface area contributed by atoms with Gasteiger partial charge in [0.2, 0.25) is 0 Å². The lowest BCUT2D eigenvalue weighted by molar-refractivity contribution is 0.0444. The molecule has 13 heavy (non-hydrogen) atoms. The number of hydrogen-bond donors (Lipinski definition) is 1. The first-order valence-corrected chi connectivity index (χ1v) is 3.72. The monoisotopic (exact) mass is 179 g/mol. The second kappa shape index (κ2) is 3.82. The Hall–Kier alpha value is -1.68. The van der Waals surface area contributed by atoms with E-state index in [4.69, 9.17) is 0 Å². The highest BCUT2D eigenvalue weighted by Crippen LogP contribution is 2.18. The molecule has 0 unspecified atom stereocenters. The summed E-state index contributed by atoms with van der Waals surface area (Å²) in [6.07, 6.45) is 0. The van der Waals surface area contributed by atoms with Crippen molar-refractivity contribution >= 4 is 11.9 Å². The number of cyclic esters (lactones) is 2. The van der Waals surface area contributed by atoms with Crippen LogP contribution in [-0.2, 0) is 4.74 Å². The van der Waals surface area contributed by atoms with Gasteiger partial charge in [-0.05, 0) is 19.2 Å². The first-order valence-electron chi connectivity index (χ1n) is 3.72. The van der Waals surface area contributed by atoms with Gasteiger partial charge in [0.25, 0.3) is 0 Å². The van der Waals surface area contributed by atoms with E-state index in [0.29, 0.717) is 11.1 Å². The topological polar surface area (TPSA) is 69.4 Å². The molecule has 0 radical (unpaired) electrons. The predicted octanol–water partition coefficient (Wildman–Crippen LogP) is 0.572. The van der Waals surface area contributed by atoms with Crippen LogP contribution < -0.4 is 5.73 Å². The highest BCUT2D eigenvalue weighted by Gasteiger charge is 2.28. The Labute approximate surface area is 75.3 Å². The van der Waals surface area contributed by atoms with Crippen molar-refractivity contribution in [2.75, 3.05) is 7.05 Å². The Kier molecular flexibility index (Phi) is 2.76. The van der Waals surface area contributed by atoms with Crippen molar-refractivity contribution in [2.24, 2.45) is 5.73 Å². The molecule has 0 saturated carbocycles. The second-order valence-corrected chi connectivity index (χ2v) is 2.22. The molecule has 0 spiro atoms. The molecular weight excluding hydrogens is 170 g/mol. The number of nitrogens with two attached hydrogens (primary N) is 1.